The molecule has 5 rings (SSSR count). The maximum absolute atomic E-state index is 12.8. The predicted octanol–water partition coefficient (Wildman–Crippen LogP) is 4.71. The monoisotopic (exact) mass is 431 g/mol. The molecule has 0 atom stereocenters. The van der Waals surface area contributed by atoms with E-state index in [4.69, 9.17) is 0 Å². The summed E-state index contributed by atoms with van der Waals surface area (Å²) < 4.78 is 1.67. The standard InChI is InChI=1S/C23H21N5O2S/c29-21(20-8-5-13-31-20)18-15-25-28-19(9-10-24-22(18)28)16-6-4-7-17(14-16)26-23(30)27-11-2-1-3-12-27/h4-10,13-15H,1-3,11-12H2,(H,26,30). The lowest BCUT2D eigenvalue weighted by molar-refractivity contribution is 0.104. The van der Waals surface area contributed by atoms with Gasteiger partial charge in [0.15, 0.2) is 5.65 Å². The molecule has 0 saturated carbocycles. The smallest absolute Gasteiger partial charge is 0.321 e. The molecule has 0 radical (unpaired) electrons. The summed E-state index contributed by atoms with van der Waals surface area (Å²) >= 11 is 1.40. The van der Waals surface area contributed by atoms with Crippen LogP contribution in [0.1, 0.15) is 34.5 Å². The van der Waals surface area contributed by atoms with E-state index in [9.17, 15) is 9.59 Å². The zero-order chi connectivity index (χ0) is 21.2. The van der Waals surface area contributed by atoms with E-state index in [-0.39, 0.29) is 11.8 Å². The molecule has 1 N–H and O–H groups in total. The third-order valence-electron chi connectivity index (χ3n) is 5.44. The second-order valence-corrected chi connectivity index (χ2v) is 8.44. The summed E-state index contributed by atoms with van der Waals surface area (Å²) in [6.45, 7) is 1.59. The first-order valence-corrected chi connectivity index (χ1v) is 11.2. The Bertz CT molecular complexity index is 1240. The molecule has 1 saturated heterocycles. The number of nitrogens with one attached hydrogen (secondary N) is 1. The fraction of sp³-hybridized carbons (Fsp3) is 0.217. The van der Waals surface area contributed by atoms with Gasteiger partial charge in [0.2, 0.25) is 5.78 Å². The third-order valence-corrected chi connectivity index (χ3v) is 6.31. The number of urea groups is 1. The summed E-state index contributed by atoms with van der Waals surface area (Å²) in [6.07, 6.45) is 6.52. The minimum Gasteiger partial charge on any atom is -0.325 e. The van der Waals surface area contributed by atoms with Crippen LogP contribution in [0.3, 0.4) is 0 Å². The predicted molar refractivity (Wildman–Crippen MR) is 121 cm³/mol. The molecule has 4 aromatic rings. The number of rotatable bonds is 4. The van der Waals surface area contributed by atoms with Crippen molar-refractivity contribution in [3.05, 3.63) is 70.7 Å². The number of carbonyl (C=O) groups excluding carboxylic acids is 2. The molecule has 7 nitrogen and oxygen atoms in total. The average molecular weight is 432 g/mol. The van der Waals surface area contributed by atoms with Gasteiger partial charge in [0, 0.05) is 30.5 Å². The molecule has 0 aliphatic carbocycles. The SMILES string of the molecule is O=C(c1cccs1)c1cnn2c(-c3cccc(NC(=O)N4CCCCC4)c3)ccnc12. The number of benzene rings is 1. The van der Waals surface area contributed by atoms with E-state index in [1.807, 2.05) is 46.7 Å². The quantitative estimate of drug-likeness (QED) is 0.475. The van der Waals surface area contributed by atoms with Gasteiger partial charge in [0.1, 0.15) is 0 Å². The first-order chi connectivity index (χ1) is 15.2. The summed E-state index contributed by atoms with van der Waals surface area (Å²) in [5.41, 5.74) is 3.38. The fourth-order valence-electron chi connectivity index (χ4n) is 3.87. The Balaban J connectivity index is 1.45. The summed E-state index contributed by atoms with van der Waals surface area (Å²) in [4.78, 5) is 32.3. The van der Waals surface area contributed by atoms with Crippen LogP contribution in [0.15, 0.2) is 60.2 Å². The molecule has 1 fully saturated rings. The van der Waals surface area contributed by atoms with Crippen molar-refractivity contribution in [3.8, 4) is 11.3 Å². The van der Waals surface area contributed by atoms with E-state index >= 15 is 0 Å². The zero-order valence-electron chi connectivity index (χ0n) is 16.8. The summed E-state index contributed by atoms with van der Waals surface area (Å²) in [5.74, 6) is -0.0859. The molecule has 2 amide bonds. The molecule has 4 heterocycles. The molecule has 1 aromatic carbocycles. The maximum Gasteiger partial charge on any atom is 0.321 e. The topological polar surface area (TPSA) is 79.6 Å². The minimum atomic E-state index is -0.0859. The first-order valence-electron chi connectivity index (χ1n) is 10.3. The first kappa shape index (κ1) is 19.4. The Kier molecular flexibility index (Phi) is 5.21. The van der Waals surface area contributed by atoms with Crippen LogP contribution >= 0.6 is 11.3 Å². The van der Waals surface area contributed by atoms with Crippen LogP contribution in [0.2, 0.25) is 0 Å². The van der Waals surface area contributed by atoms with Crippen LogP contribution in [0, 0.1) is 0 Å². The minimum absolute atomic E-state index is 0.0698. The van der Waals surface area contributed by atoms with Crippen molar-refractivity contribution >= 4 is 34.5 Å². The van der Waals surface area contributed by atoms with Crippen molar-refractivity contribution in [2.45, 2.75) is 19.3 Å². The number of anilines is 1. The highest BCUT2D eigenvalue weighted by molar-refractivity contribution is 7.12. The van der Waals surface area contributed by atoms with Crippen molar-refractivity contribution < 1.29 is 9.59 Å². The van der Waals surface area contributed by atoms with Crippen molar-refractivity contribution in [1.29, 1.82) is 0 Å². The maximum atomic E-state index is 12.8. The van der Waals surface area contributed by atoms with E-state index in [0.29, 0.717) is 16.1 Å². The van der Waals surface area contributed by atoms with Crippen LogP contribution < -0.4 is 5.32 Å². The highest BCUT2D eigenvalue weighted by Crippen LogP contribution is 2.25. The Morgan fingerprint density at radius 2 is 1.90 bits per heavy atom. The Morgan fingerprint density at radius 3 is 2.71 bits per heavy atom. The molecule has 31 heavy (non-hydrogen) atoms. The molecule has 0 unspecified atom stereocenters. The molecular weight excluding hydrogens is 410 g/mol. The van der Waals surface area contributed by atoms with Gasteiger partial charge in [-0.2, -0.15) is 5.10 Å². The molecule has 8 heteroatoms. The van der Waals surface area contributed by atoms with E-state index < -0.39 is 0 Å². The van der Waals surface area contributed by atoms with E-state index in [1.165, 1.54) is 17.8 Å². The summed E-state index contributed by atoms with van der Waals surface area (Å²) in [5, 5.41) is 9.31. The normalized spacial score (nSPS) is 14.0. The van der Waals surface area contributed by atoms with Crippen LogP contribution in [0.4, 0.5) is 10.5 Å². The number of likely N-dealkylation sites (tertiary alicyclic amines) is 1. The second-order valence-electron chi connectivity index (χ2n) is 7.49. The third kappa shape index (κ3) is 3.82. The number of nitrogens with zero attached hydrogens (tertiary/aromatic N) is 4. The molecule has 0 spiro atoms. The van der Waals surface area contributed by atoms with Crippen molar-refractivity contribution in [1.82, 2.24) is 19.5 Å². The highest BCUT2D eigenvalue weighted by Gasteiger charge is 2.19. The van der Waals surface area contributed by atoms with Gasteiger partial charge in [-0.1, -0.05) is 18.2 Å². The zero-order valence-corrected chi connectivity index (χ0v) is 17.6. The van der Waals surface area contributed by atoms with Gasteiger partial charge in [-0.3, -0.25) is 4.79 Å². The van der Waals surface area contributed by atoms with Crippen LogP contribution in [0.25, 0.3) is 16.9 Å². The van der Waals surface area contributed by atoms with E-state index in [1.54, 1.807) is 23.0 Å². The molecule has 3 aromatic heterocycles. The molecule has 1 aliphatic heterocycles. The number of hydrogen-bond acceptors (Lipinski definition) is 5. The number of ketones is 1. The van der Waals surface area contributed by atoms with Gasteiger partial charge in [0.05, 0.1) is 22.3 Å². The van der Waals surface area contributed by atoms with Crippen LogP contribution in [-0.2, 0) is 0 Å². The number of thiophene rings is 1. The molecule has 156 valence electrons. The van der Waals surface area contributed by atoms with Crippen LogP contribution in [-0.4, -0.2) is 44.4 Å². The van der Waals surface area contributed by atoms with Gasteiger partial charge in [0.25, 0.3) is 0 Å². The van der Waals surface area contributed by atoms with Crippen LogP contribution in [0.5, 0.6) is 0 Å². The second kappa shape index (κ2) is 8.31. The lowest BCUT2D eigenvalue weighted by Gasteiger charge is -2.26. The number of fused-ring (bicyclic) bond motifs is 1. The fourth-order valence-corrected chi connectivity index (χ4v) is 4.54. The van der Waals surface area contributed by atoms with Gasteiger partial charge < -0.3 is 10.2 Å². The van der Waals surface area contributed by atoms with Crippen molar-refractivity contribution in [3.63, 3.8) is 0 Å². The van der Waals surface area contributed by atoms with Gasteiger partial charge in [-0.25, -0.2) is 14.3 Å². The Labute approximate surface area is 183 Å². The summed E-state index contributed by atoms with van der Waals surface area (Å²) in [6, 6.07) is 13.1. The number of hydrogen-bond donors (Lipinski definition) is 1. The Morgan fingerprint density at radius 1 is 1.03 bits per heavy atom. The van der Waals surface area contributed by atoms with Gasteiger partial charge >= 0.3 is 6.03 Å². The summed E-state index contributed by atoms with van der Waals surface area (Å²) in [7, 11) is 0. The number of aromatic nitrogens is 3. The molecule has 0 bridgehead atoms. The number of amides is 2. The van der Waals surface area contributed by atoms with E-state index in [0.717, 1.165) is 42.9 Å². The largest absolute Gasteiger partial charge is 0.325 e. The highest BCUT2D eigenvalue weighted by atomic mass is 32.1. The van der Waals surface area contributed by atoms with Crippen molar-refractivity contribution in [2.24, 2.45) is 0 Å². The lowest BCUT2D eigenvalue weighted by Crippen LogP contribution is -2.38. The van der Waals surface area contributed by atoms with Crippen molar-refractivity contribution in [2.75, 3.05) is 18.4 Å². The number of carbonyl (C=O) groups is 2. The van der Waals surface area contributed by atoms with E-state index in [2.05, 4.69) is 15.4 Å². The Hall–Kier alpha value is -3.52. The lowest BCUT2D eigenvalue weighted by atomic mass is 10.1. The number of piperidine rings is 1. The molecule has 1 aliphatic rings. The van der Waals surface area contributed by atoms with Gasteiger partial charge in [-0.05, 0) is 48.9 Å². The molecular formula is C23H21N5O2S. The van der Waals surface area contributed by atoms with Gasteiger partial charge in [-0.15, -0.1) is 11.3 Å². The average Bonchev–Trinajstić information content (AvgIpc) is 3.50.